The summed E-state index contributed by atoms with van der Waals surface area (Å²) < 4.78 is 4.55. The van der Waals surface area contributed by atoms with E-state index < -0.39 is 0 Å². The summed E-state index contributed by atoms with van der Waals surface area (Å²) in [5.41, 5.74) is 9.00. The monoisotopic (exact) mass is 354 g/mol. The van der Waals surface area contributed by atoms with Crippen molar-refractivity contribution in [2.45, 2.75) is 20.8 Å². The molecule has 0 spiro atoms. The first-order chi connectivity index (χ1) is 13.0. The summed E-state index contributed by atoms with van der Waals surface area (Å²) in [6, 6.07) is 21.8. The molecule has 134 valence electrons. The number of aryl methyl sites for hydroxylation is 3. The molecule has 2 heterocycles. The molecule has 0 amide bonds. The SMILES string of the molecule is Cc1cc(-c2c(C)ccc3ccccc23)[n+](C)c(-c2cccc[n+]2C)c1C. The topological polar surface area (TPSA) is 7.76 Å². The molecule has 0 aliphatic carbocycles. The minimum Gasteiger partial charge on any atom is -0.196 e. The van der Waals surface area contributed by atoms with E-state index in [4.69, 9.17) is 0 Å². The number of pyridine rings is 2. The van der Waals surface area contributed by atoms with E-state index in [0.29, 0.717) is 0 Å². The fourth-order valence-corrected chi connectivity index (χ4v) is 4.06. The lowest BCUT2D eigenvalue weighted by atomic mass is 9.94. The molecule has 4 aromatic rings. The summed E-state index contributed by atoms with van der Waals surface area (Å²) in [6.45, 7) is 6.64. The van der Waals surface area contributed by atoms with Gasteiger partial charge < -0.3 is 0 Å². The Labute approximate surface area is 161 Å². The lowest BCUT2D eigenvalue weighted by molar-refractivity contribution is -0.685. The molecule has 0 N–H and O–H groups in total. The molecular formula is C25H26N2+2. The lowest BCUT2D eigenvalue weighted by Crippen LogP contribution is -2.41. The van der Waals surface area contributed by atoms with Crippen molar-refractivity contribution < 1.29 is 9.13 Å². The Morgan fingerprint density at radius 1 is 0.704 bits per heavy atom. The van der Waals surface area contributed by atoms with Crippen LogP contribution < -0.4 is 9.13 Å². The fraction of sp³-hybridized carbons (Fsp3) is 0.200. The molecule has 0 unspecified atom stereocenters. The van der Waals surface area contributed by atoms with E-state index in [1.807, 2.05) is 0 Å². The van der Waals surface area contributed by atoms with E-state index in [2.05, 4.69) is 111 Å². The van der Waals surface area contributed by atoms with Crippen LogP contribution in [0.1, 0.15) is 16.7 Å². The van der Waals surface area contributed by atoms with E-state index in [-0.39, 0.29) is 0 Å². The van der Waals surface area contributed by atoms with E-state index in [0.717, 1.165) is 0 Å². The molecule has 0 saturated heterocycles. The van der Waals surface area contributed by atoms with Crippen LogP contribution in [0.5, 0.6) is 0 Å². The molecule has 0 aliphatic heterocycles. The summed E-state index contributed by atoms with van der Waals surface area (Å²) in [5, 5.41) is 2.59. The maximum atomic E-state index is 2.35. The van der Waals surface area contributed by atoms with Gasteiger partial charge in [-0.25, -0.2) is 0 Å². The van der Waals surface area contributed by atoms with Crippen LogP contribution in [0.25, 0.3) is 33.4 Å². The average Bonchev–Trinajstić information content (AvgIpc) is 2.67. The number of benzene rings is 2. The number of fused-ring (bicyclic) bond motifs is 1. The van der Waals surface area contributed by atoms with Gasteiger partial charge in [0.15, 0.2) is 6.20 Å². The molecule has 0 atom stereocenters. The molecule has 0 radical (unpaired) electrons. The van der Waals surface area contributed by atoms with Crippen LogP contribution in [-0.4, -0.2) is 0 Å². The van der Waals surface area contributed by atoms with Crippen molar-refractivity contribution in [3.63, 3.8) is 0 Å². The maximum absolute atomic E-state index is 2.35. The van der Waals surface area contributed by atoms with Gasteiger partial charge in [-0.15, -0.1) is 0 Å². The molecule has 2 aromatic carbocycles. The molecule has 4 rings (SSSR count). The predicted octanol–water partition coefficient (Wildman–Crippen LogP) is 4.75. The first kappa shape index (κ1) is 17.4. The van der Waals surface area contributed by atoms with Gasteiger partial charge in [-0.1, -0.05) is 36.4 Å². The zero-order valence-corrected chi connectivity index (χ0v) is 16.7. The first-order valence-electron chi connectivity index (χ1n) is 9.43. The third-order valence-corrected chi connectivity index (χ3v) is 5.69. The molecule has 27 heavy (non-hydrogen) atoms. The van der Waals surface area contributed by atoms with Crippen LogP contribution in [0, 0.1) is 20.8 Å². The van der Waals surface area contributed by atoms with Crippen molar-refractivity contribution in [1.82, 2.24) is 0 Å². The third-order valence-electron chi connectivity index (χ3n) is 5.69. The smallest absolute Gasteiger partial charge is 0.196 e. The Bertz CT molecular complexity index is 1170. The summed E-state index contributed by atoms with van der Waals surface area (Å²) in [6.07, 6.45) is 2.11. The van der Waals surface area contributed by atoms with Crippen LogP contribution in [0.3, 0.4) is 0 Å². The molecular weight excluding hydrogens is 328 g/mol. The summed E-state index contributed by atoms with van der Waals surface area (Å²) in [4.78, 5) is 0. The minimum atomic E-state index is 1.22. The number of nitrogens with zero attached hydrogens (tertiary/aromatic N) is 2. The van der Waals surface area contributed by atoms with Gasteiger partial charge in [0.1, 0.15) is 14.1 Å². The van der Waals surface area contributed by atoms with Crippen LogP contribution in [0.4, 0.5) is 0 Å². The summed E-state index contributed by atoms with van der Waals surface area (Å²) >= 11 is 0. The van der Waals surface area contributed by atoms with Gasteiger partial charge in [-0.3, -0.25) is 0 Å². The van der Waals surface area contributed by atoms with Gasteiger partial charge in [0, 0.05) is 23.8 Å². The number of rotatable bonds is 2. The van der Waals surface area contributed by atoms with E-state index in [1.54, 1.807) is 0 Å². The highest BCUT2D eigenvalue weighted by atomic mass is 15.0. The summed E-state index contributed by atoms with van der Waals surface area (Å²) in [7, 11) is 4.30. The molecule has 0 aliphatic rings. The molecule has 2 nitrogen and oxygen atoms in total. The average molecular weight is 354 g/mol. The van der Waals surface area contributed by atoms with E-state index in [1.165, 1.54) is 50.1 Å². The second-order valence-electron chi connectivity index (χ2n) is 7.42. The van der Waals surface area contributed by atoms with Gasteiger partial charge in [0.2, 0.25) is 5.69 Å². The molecule has 2 aromatic heterocycles. The van der Waals surface area contributed by atoms with Gasteiger partial charge in [0.25, 0.3) is 11.4 Å². The highest BCUT2D eigenvalue weighted by Gasteiger charge is 2.28. The zero-order chi connectivity index (χ0) is 19.1. The van der Waals surface area contributed by atoms with Crippen molar-refractivity contribution >= 4 is 10.8 Å². The van der Waals surface area contributed by atoms with Crippen molar-refractivity contribution in [3.8, 4) is 22.6 Å². The van der Waals surface area contributed by atoms with Crippen molar-refractivity contribution in [1.29, 1.82) is 0 Å². The maximum Gasteiger partial charge on any atom is 0.280 e. The Balaban J connectivity index is 2.11. The first-order valence-corrected chi connectivity index (χ1v) is 9.43. The largest absolute Gasteiger partial charge is 0.280 e. The van der Waals surface area contributed by atoms with Gasteiger partial charge >= 0.3 is 0 Å². The van der Waals surface area contributed by atoms with E-state index >= 15 is 0 Å². The van der Waals surface area contributed by atoms with Crippen molar-refractivity contribution in [3.05, 3.63) is 83.6 Å². The normalized spacial score (nSPS) is 11.1. The lowest BCUT2D eigenvalue weighted by Gasteiger charge is -2.13. The standard InChI is InChI=1S/C25H26N2/c1-17-13-14-20-10-6-7-11-21(20)24(17)23-16-18(2)19(3)25(27(23)5)22-12-8-9-15-26(22)4/h6-16H,1-5H3/q+2. The van der Waals surface area contributed by atoms with Crippen molar-refractivity contribution in [2.24, 2.45) is 14.1 Å². The van der Waals surface area contributed by atoms with Crippen LogP contribution in [0.2, 0.25) is 0 Å². The van der Waals surface area contributed by atoms with Crippen LogP contribution in [-0.2, 0) is 14.1 Å². The van der Waals surface area contributed by atoms with Crippen LogP contribution >= 0.6 is 0 Å². The van der Waals surface area contributed by atoms with Gasteiger partial charge in [0.05, 0.1) is 5.56 Å². The van der Waals surface area contributed by atoms with Crippen molar-refractivity contribution in [2.75, 3.05) is 0 Å². The Hall–Kier alpha value is -3.00. The Kier molecular flexibility index (Phi) is 4.27. The number of aromatic nitrogens is 2. The molecule has 2 heteroatoms. The zero-order valence-electron chi connectivity index (χ0n) is 16.7. The number of hydrogen-bond donors (Lipinski definition) is 0. The highest BCUT2D eigenvalue weighted by Crippen LogP contribution is 2.32. The molecule has 0 saturated carbocycles. The van der Waals surface area contributed by atoms with E-state index in [9.17, 15) is 0 Å². The Morgan fingerprint density at radius 2 is 1.44 bits per heavy atom. The summed E-state index contributed by atoms with van der Waals surface area (Å²) in [5.74, 6) is 0. The Morgan fingerprint density at radius 3 is 2.22 bits per heavy atom. The second kappa shape index (κ2) is 6.62. The van der Waals surface area contributed by atoms with Gasteiger partial charge in [-0.2, -0.15) is 9.13 Å². The van der Waals surface area contributed by atoms with Gasteiger partial charge in [-0.05, 0) is 48.7 Å². The molecule has 0 bridgehead atoms. The minimum absolute atomic E-state index is 1.22. The van der Waals surface area contributed by atoms with Crippen LogP contribution in [0.15, 0.2) is 66.9 Å². The highest BCUT2D eigenvalue weighted by molar-refractivity contribution is 5.97. The fourth-order valence-electron chi connectivity index (χ4n) is 4.06. The molecule has 0 fully saturated rings. The number of hydrogen-bond acceptors (Lipinski definition) is 0. The second-order valence-corrected chi connectivity index (χ2v) is 7.42. The quantitative estimate of drug-likeness (QED) is 0.459. The third kappa shape index (κ3) is 2.82. The predicted molar refractivity (Wildman–Crippen MR) is 111 cm³/mol.